The quantitative estimate of drug-likeness (QED) is 0.787. The highest BCUT2D eigenvalue weighted by molar-refractivity contribution is 6.04. The van der Waals surface area contributed by atoms with Crippen LogP contribution in [0.25, 0.3) is 0 Å². The van der Waals surface area contributed by atoms with Crippen molar-refractivity contribution < 1.29 is 4.79 Å². The van der Waals surface area contributed by atoms with E-state index in [0.29, 0.717) is 23.2 Å². The van der Waals surface area contributed by atoms with Crippen LogP contribution in [-0.4, -0.2) is 48.1 Å². The molecule has 25 heavy (non-hydrogen) atoms. The number of nitrogens with zero attached hydrogens (tertiary/aromatic N) is 3. The molecule has 7 nitrogen and oxygen atoms in total. The maximum absolute atomic E-state index is 12.5. The smallest absolute Gasteiger partial charge is 0.255 e. The first-order valence-corrected chi connectivity index (χ1v) is 8.67. The van der Waals surface area contributed by atoms with Crippen molar-refractivity contribution in [2.24, 2.45) is 0 Å². The van der Waals surface area contributed by atoms with Crippen molar-refractivity contribution in [3.8, 4) is 0 Å². The van der Waals surface area contributed by atoms with Gasteiger partial charge >= 0.3 is 0 Å². The summed E-state index contributed by atoms with van der Waals surface area (Å²) in [7, 11) is 0. The minimum Gasteiger partial charge on any atom is -0.382 e. The number of piperazine rings is 1. The van der Waals surface area contributed by atoms with Gasteiger partial charge in [-0.1, -0.05) is 0 Å². The zero-order valence-corrected chi connectivity index (χ0v) is 14.2. The Morgan fingerprint density at radius 1 is 1.24 bits per heavy atom. The van der Waals surface area contributed by atoms with Crippen LogP contribution in [0.3, 0.4) is 0 Å². The van der Waals surface area contributed by atoms with Gasteiger partial charge in [0.2, 0.25) is 5.95 Å². The molecule has 0 aliphatic carbocycles. The SMILES string of the molecule is C[C@@H]1Cc2cc(C(=O)Nc3cnc(N4CCNCC4)nc3)ccc2N1. The minimum atomic E-state index is -0.138. The van der Waals surface area contributed by atoms with Crippen LogP contribution in [0.5, 0.6) is 0 Å². The van der Waals surface area contributed by atoms with Gasteiger partial charge in [0.1, 0.15) is 0 Å². The fourth-order valence-electron chi connectivity index (χ4n) is 3.31. The second-order valence-electron chi connectivity index (χ2n) is 6.58. The van der Waals surface area contributed by atoms with Crippen molar-refractivity contribution in [2.75, 3.05) is 41.7 Å². The number of amides is 1. The van der Waals surface area contributed by atoms with Crippen molar-refractivity contribution in [1.29, 1.82) is 0 Å². The molecule has 0 spiro atoms. The molecule has 3 heterocycles. The molecule has 2 aromatic rings. The summed E-state index contributed by atoms with van der Waals surface area (Å²) in [5.74, 6) is 0.568. The van der Waals surface area contributed by atoms with Gasteiger partial charge in [-0.3, -0.25) is 4.79 Å². The third-order valence-corrected chi connectivity index (χ3v) is 4.59. The largest absolute Gasteiger partial charge is 0.382 e. The molecule has 0 radical (unpaired) electrons. The number of hydrogen-bond donors (Lipinski definition) is 3. The first-order valence-electron chi connectivity index (χ1n) is 8.67. The predicted molar refractivity (Wildman–Crippen MR) is 98.3 cm³/mol. The van der Waals surface area contributed by atoms with E-state index in [9.17, 15) is 4.79 Å². The number of nitrogens with one attached hydrogen (secondary N) is 3. The lowest BCUT2D eigenvalue weighted by Crippen LogP contribution is -2.44. The Kier molecular flexibility index (Phi) is 4.23. The zero-order valence-electron chi connectivity index (χ0n) is 14.2. The Labute approximate surface area is 146 Å². The minimum absolute atomic E-state index is 0.138. The van der Waals surface area contributed by atoms with Crippen molar-refractivity contribution in [1.82, 2.24) is 15.3 Å². The number of benzene rings is 1. The third kappa shape index (κ3) is 3.41. The van der Waals surface area contributed by atoms with Gasteiger partial charge in [0.25, 0.3) is 5.91 Å². The van der Waals surface area contributed by atoms with Crippen LogP contribution in [0.15, 0.2) is 30.6 Å². The van der Waals surface area contributed by atoms with Crippen LogP contribution in [0, 0.1) is 0 Å². The van der Waals surface area contributed by atoms with Crippen molar-refractivity contribution in [2.45, 2.75) is 19.4 Å². The molecule has 0 saturated carbocycles. The van der Waals surface area contributed by atoms with E-state index >= 15 is 0 Å². The van der Waals surface area contributed by atoms with Crippen LogP contribution in [-0.2, 0) is 6.42 Å². The molecule has 4 rings (SSSR count). The van der Waals surface area contributed by atoms with Crippen LogP contribution in [0.4, 0.5) is 17.3 Å². The predicted octanol–water partition coefficient (Wildman–Crippen LogP) is 1.49. The Morgan fingerprint density at radius 2 is 2.00 bits per heavy atom. The lowest BCUT2D eigenvalue weighted by atomic mass is 10.1. The molecule has 1 aromatic carbocycles. The average molecular weight is 338 g/mol. The van der Waals surface area contributed by atoms with Gasteiger partial charge in [-0.2, -0.15) is 0 Å². The summed E-state index contributed by atoms with van der Waals surface area (Å²) in [6.45, 7) is 5.80. The van der Waals surface area contributed by atoms with E-state index in [0.717, 1.165) is 38.3 Å². The molecule has 3 N–H and O–H groups in total. The van der Waals surface area contributed by atoms with Crippen molar-refractivity contribution in [3.05, 3.63) is 41.7 Å². The summed E-state index contributed by atoms with van der Waals surface area (Å²) < 4.78 is 0. The number of hydrogen-bond acceptors (Lipinski definition) is 6. The number of carbonyl (C=O) groups is 1. The van der Waals surface area contributed by atoms with E-state index in [2.05, 4.69) is 37.7 Å². The molecule has 1 amide bonds. The number of anilines is 3. The van der Waals surface area contributed by atoms with Gasteiger partial charge in [-0.15, -0.1) is 0 Å². The second kappa shape index (κ2) is 6.68. The molecule has 2 aliphatic rings. The molecule has 2 aliphatic heterocycles. The Bertz CT molecular complexity index is 770. The topological polar surface area (TPSA) is 82.2 Å². The Morgan fingerprint density at radius 3 is 2.76 bits per heavy atom. The van der Waals surface area contributed by atoms with E-state index in [-0.39, 0.29) is 5.91 Å². The normalized spacial score (nSPS) is 19.2. The van der Waals surface area contributed by atoms with Gasteiger partial charge in [-0.05, 0) is 37.1 Å². The first-order chi connectivity index (χ1) is 12.2. The van der Waals surface area contributed by atoms with Gasteiger partial charge in [0.05, 0.1) is 18.1 Å². The number of aromatic nitrogens is 2. The molecular formula is C18H22N6O. The van der Waals surface area contributed by atoms with Crippen LogP contribution >= 0.6 is 0 Å². The molecule has 1 saturated heterocycles. The van der Waals surface area contributed by atoms with E-state index in [1.54, 1.807) is 12.4 Å². The van der Waals surface area contributed by atoms with E-state index in [1.807, 2.05) is 18.2 Å². The van der Waals surface area contributed by atoms with E-state index in [4.69, 9.17) is 0 Å². The molecule has 130 valence electrons. The third-order valence-electron chi connectivity index (χ3n) is 4.59. The summed E-state index contributed by atoms with van der Waals surface area (Å²) in [4.78, 5) is 23.4. The highest BCUT2D eigenvalue weighted by Gasteiger charge is 2.18. The number of rotatable bonds is 3. The molecule has 0 unspecified atom stereocenters. The van der Waals surface area contributed by atoms with Gasteiger partial charge in [0, 0.05) is 43.5 Å². The highest BCUT2D eigenvalue weighted by atomic mass is 16.1. The number of fused-ring (bicyclic) bond motifs is 1. The van der Waals surface area contributed by atoms with Crippen LogP contribution in [0.1, 0.15) is 22.8 Å². The molecule has 1 aromatic heterocycles. The van der Waals surface area contributed by atoms with Gasteiger partial charge in [0.15, 0.2) is 0 Å². The van der Waals surface area contributed by atoms with Crippen molar-refractivity contribution in [3.63, 3.8) is 0 Å². The number of carbonyl (C=O) groups excluding carboxylic acids is 1. The fraction of sp³-hybridized carbons (Fsp3) is 0.389. The summed E-state index contributed by atoms with van der Waals surface area (Å²) in [5.41, 5.74) is 3.56. The Balaban J connectivity index is 1.43. The summed E-state index contributed by atoms with van der Waals surface area (Å²) in [6, 6.07) is 6.18. The zero-order chi connectivity index (χ0) is 17.2. The van der Waals surface area contributed by atoms with E-state index in [1.165, 1.54) is 5.56 Å². The monoisotopic (exact) mass is 338 g/mol. The summed E-state index contributed by atoms with van der Waals surface area (Å²) in [6.07, 6.45) is 4.28. The first kappa shape index (κ1) is 15.8. The van der Waals surface area contributed by atoms with Crippen LogP contribution < -0.4 is 20.9 Å². The van der Waals surface area contributed by atoms with Crippen molar-refractivity contribution >= 4 is 23.2 Å². The lowest BCUT2D eigenvalue weighted by molar-refractivity contribution is 0.102. The summed E-state index contributed by atoms with van der Waals surface area (Å²) in [5, 5.41) is 9.57. The molecule has 1 fully saturated rings. The summed E-state index contributed by atoms with van der Waals surface area (Å²) >= 11 is 0. The molecule has 0 bridgehead atoms. The second-order valence-corrected chi connectivity index (χ2v) is 6.58. The highest BCUT2D eigenvalue weighted by Crippen LogP contribution is 2.26. The maximum atomic E-state index is 12.5. The standard InChI is InChI=1S/C18H22N6O/c1-12-8-14-9-13(2-3-16(14)22-12)17(25)23-15-10-20-18(21-11-15)24-6-4-19-5-7-24/h2-3,9-12,19,22H,4-8H2,1H3,(H,23,25)/t12-/m1/s1. The lowest BCUT2D eigenvalue weighted by Gasteiger charge is -2.27. The molecule has 7 heteroatoms. The van der Waals surface area contributed by atoms with Gasteiger partial charge in [-0.25, -0.2) is 9.97 Å². The fourth-order valence-corrected chi connectivity index (χ4v) is 3.31. The molecular weight excluding hydrogens is 316 g/mol. The van der Waals surface area contributed by atoms with Crippen LogP contribution in [0.2, 0.25) is 0 Å². The van der Waals surface area contributed by atoms with E-state index < -0.39 is 0 Å². The Hall–Kier alpha value is -2.67. The molecule has 1 atom stereocenters. The van der Waals surface area contributed by atoms with Gasteiger partial charge < -0.3 is 20.9 Å². The maximum Gasteiger partial charge on any atom is 0.255 e. The average Bonchev–Trinajstić information content (AvgIpc) is 3.02.